The number of nitro benzene ring substituents is 1. The van der Waals surface area contributed by atoms with Gasteiger partial charge in [-0.25, -0.2) is 0 Å². The molecular formula is C15H19N3O5. The van der Waals surface area contributed by atoms with Gasteiger partial charge in [-0.3, -0.25) is 24.6 Å². The number of benzene rings is 1. The van der Waals surface area contributed by atoms with Gasteiger partial charge in [0.15, 0.2) is 0 Å². The molecule has 23 heavy (non-hydrogen) atoms. The number of carbonyl (C=O) groups excluding carboxylic acids is 1. The summed E-state index contributed by atoms with van der Waals surface area (Å²) in [6.45, 7) is 1.57. The maximum Gasteiger partial charge on any atom is 0.320 e. The van der Waals surface area contributed by atoms with Crippen molar-refractivity contribution in [1.82, 2.24) is 4.90 Å². The highest BCUT2D eigenvalue weighted by Crippen LogP contribution is 2.29. The van der Waals surface area contributed by atoms with Crippen molar-refractivity contribution < 1.29 is 19.6 Å². The van der Waals surface area contributed by atoms with Crippen LogP contribution < -0.4 is 4.90 Å². The number of nitrogens with zero attached hydrogens (tertiary/aromatic N) is 3. The molecule has 8 heteroatoms. The Morgan fingerprint density at radius 1 is 1.35 bits per heavy atom. The number of carboxylic acid groups (broad SMARTS) is 1. The van der Waals surface area contributed by atoms with Gasteiger partial charge in [-0.15, -0.1) is 0 Å². The molecule has 1 aromatic carbocycles. The first-order chi connectivity index (χ1) is 10.8. The molecule has 0 heterocycles. The average Bonchev–Trinajstić information content (AvgIpc) is 3.35. The number of anilines is 1. The minimum Gasteiger partial charge on any atom is -0.480 e. The Balaban J connectivity index is 2.06. The normalized spacial score (nSPS) is 15.3. The summed E-state index contributed by atoms with van der Waals surface area (Å²) < 4.78 is 0. The van der Waals surface area contributed by atoms with Crippen LogP contribution >= 0.6 is 0 Å². The summed E-state index contributed by atoms with van der Waals surface area (Å²) in [5.74, 6) is -1.21. The molecule has 1 atom stereocenters. The molecule has 1 aromatic rings. The largest absolute Gasteiger partial charge is 0.480 e. The second kappa shape index (κ2) is 6.74. The average molecular weight is 321 g/mol. The molecule has 2 rings (SSSR count). The minimum atomic E-state index is -0.956. The number of carbonyl (C=O) groups is 2. The number of nitro groups is 1. The number of hydrogen-bond acceptors (Lipinski definition) is 5. The fraction of sp³-hybridized carbons (Fsp3) is 0.467. The van der Waals surface area contributed by atoms with Gasteiger partial charge in [0.2, 0.25) is 5.91 Å². The van der Waals surface area contributed by atoms with Gasteiger partial charge in [0.25, 0.3) is 5.69 Å². The molecule has 0 aliphatic heterocycles. The van der Waals surface area contributed by atoms with Gasteiger partial charge >= 0.3 is 5.97 Å². The van der Waals surface area contributed by atoms with Gasteiger partial charge in [-0.05, 0) is 31.9 Å². The molecule has 1 aliphatic carbocycles. The summed E-state index contributed by atoms with van der Waals surface area (Å²) in [4.78, 5) is 36.8. The molecule has 0 radical (unpaired) electrons. The van der Waals surface area contributed by atoms with E-state index in [1.807, 2.05) is 0 Å². The van der Waals surface area contributed by atoms with Crippen molar-refractivity contribution in [2.75, 3.05) is 18.5 Å². The Bertz CT molecular complexity index is 612. The highest BCUT2D eigenvalue weighted by Gasteiger charge is 2.36. The van der Waals surface area contributed by atoms with Crippen LogP contribution in [0.5, 0.6) is 0 Å². The maximum absolute atomic E-state index is 12.4. The van der Waals surface area contributed by atoms with Crippen molar-refractivity contribution in [2.45, 2.75) is 31.8 Å². The van der Waals surface area contributed by atoms with E-state index < -0.39 is 16.9 Å². The fourth-order valence-electron chi connectivity index (χ4n) is 2.33. The summed E-state index contributed by atoms with van der Waals surface area (Å²) in [6.07, 6.45) is 1.79. The summed E-state index contributed by atoms with van der Waals surface area (Å²) in [6, 6.07) is 5.07. The van der Waals surface area contributed by atoms with Gasteiger partial charge in [0, 0.05) is 30.9 Å². The second-order valence-electron chi connectivity index (χ2n) is 5.64. The lowest BCUT2D eigenvalue weighted by atomic mass is 10.2. The van der Waals surface area contributed by atoms with Crippen molar-refractivity contribution in [1.29, 1.82) is 0 Å². The quantitative estimate of drug-likeness (QED) is 0.603. The zero-order chi connectivity index (χ0) is 17.1. The molecule has 1 amide bonds. The van der Waals surface area contributed by atoms with Crippen LogP contribution in [0.2, 0.25) is 0 Å². The molecule has 0 aromatic heterocycles. The highest BCUT2D eigenvalue weighted by molar-refractivity contribution is 5.94. The lowest BCUT2D eigenvalue weighted by Crippen LogP contribution is -2.46. The molecule has 0 saturated heterocycles. The standard InChI is InChI=1S/C15H19N3O5/c1-10(15(20)21)17(12-5-6-12)9-14(19)16(2)11-3-7-13(8-4-11)18(22)23/h3-4,7-8,10,12H,5-6,9H2,1-2H3,(H,20,21). The first-order valence-corrected chi connectivity index (χ1v) is 7.31. The number of hydrogen-bond donors (Lipinski definition) is 1. The van der Waals surface area contributed by atoms with Crippen molar-refractivity contribution in [3.05, 3.63) is 34.4 Å². The molecule has 124 valence electrons. The summed E-state index contributed by atoms with van der Waals surface area (Å²) in [5.41, 5.74) is 0.480. The molecule has 1 unspecified atom stereocenters. The van der Waals surface area contributed by atoms with Gasteiger partial charge in [-0.1, -0.05) is 0 Å². The molecule has 0 bridgehead atoms. The van der Waals surface area contributed by atoms with Gasteiger partial charge in [-0.2, -0.15) is 0 Å². The van der Waals surface area contributed by atoms with Crippen LogP contribution in [0.1, 0.15) is 19.8 Å². The lowest BCUT2D eigenvalue weighted by Gasteiger charge is -2.27. The number of likely N-dealkylation sites (N-methyl/N-ethyl adjacent to an activating group) is 1. The van der Waals surface area contributed by atoms with Crippen LogP contribution in [-0.4, -0.2) is 52.5 Å². The number of amides is 1. The summed E-state index contributed by atoms with van der Waals surface area (Å²) in [5, 5.41) is 19.8. The van der Waals surface area contributed by atoms with E-state index >= 15 is 0 Å². The molecular weight excluding hydrogens is 302 g/mol. The minimum absolute atomic E-state index is 0.00558. The first-order valence-electron chi connectivity index (χ1n) is 7.31. The van der Waals surface area contributed by atoms with Crippen molar-refractivity contribution >= 4 is 23.3 Å². The zero-order valence-electron chi connectivity index (χ0n) is 13.0. The summed E-state index contributed by atoms with van der Waals surface area (Å²) >= 11 is 0. The Hall–Kier alpha value is -2.48. The number of carboxylic acids is 1. The SMILES string of the molecule is CC(C(=O)O)N(CC(=O)N(C)c1ccc([N+](=O)[O-])cc1)C1CC1. The van der Waals surface area contributed by atoms with Crippen molar-refractivity contribution in [2.24, 2.45) is 0 Å². The highest BCUT2D eigenvalue weighted by atomic mass is 16.6. The predicted molar refractivity (Wildman–Crippen MR) is 83.3 cm³/mol. The van der Waals surface area contributed by atoms with Gasteiger partial charge < -0.3 is 10.0 Å². The van der Waals surface area contributed by atoms with E-state index in [4.69, 9.17) is 5.11 Å². The van der Waals surface area contributed by atoms with Crippen LogP contribution in [-0.2, 0) is 9.59 Å². The van der Waals surface area contributed by atoms with Crippen LogP contribution in [0.15, 0.2) is 24.3 Å². The van der Waals surface area contributed by atoms with Crippen molar-refractivity contribution in [3.63, 3.8) is 0 Å². The third kappa shape index (κ3) is 4.04. The Labute approximate surface area is 133 Å². The van der Waals surface area contributed by atoms with Crippen molar-refractivity contribution in [3.8, 4) is 0 Å². The maximum atomic E-state index is 12.4. The van der Waals surface area contributed by atoms with Crippen LogP contribution in [0, 0.1) is 10.1 Å². The smallest absolute Gasteiger partial charge is 0.320 e. The van der Waals surface area contributed by atoms with Crippen LogP contribution in [0.25, 0.3) is 0 Å². The zero-order valence-corrected chi connectivity index (χ0v) is 13.0. The Kier molecular flexibility index (Phi) is 4.95. The van der Waals surface area contributed by atoms with Crippen LogP contribution in [0.3, 0.4) is 0 Å². The van der Waals surface area contributed by atoms with E-state index in [0.29, 0.717) is 5.69 Å². The molecule has 1 aliphatic rings. The van der Waals surface area contributed by atoms with E-state index in [2.05, 4.69) is 0 Å². The monoisotopic (exact) mass is 321 g/mol. The van der Waals surface area contributed by atoms with E-state index in [1.54, 1.807) is 18.9 Å². The predicted octanol–water partition coefficient (Wildman–Crippen LogP) is 1.50. The van der Waals surface area contributed by atoms with E-state index in [0.717, 1.165) is 12.8 Å². The Morgan fingerprint density at radius 2 is 1.91 bits per heavy atom. The molecule has 1 N–H and O–H groups in total. The van der Waals surface area contributed by atoms with Gasteiger partial charge in [0.05, 0.1) is 11.5 Å². The third-order valence-electron chi connectivity index (χ3n) is 4.01. The first kappa shape index (κ1) is 16.9. The third-order valence-corrected chi connectivity index (χ3v) is 4.01. The fourth-order valence-corrected chi connectivity index (χ4v) is 2.33. The number of aliphatic carboxylic acids is 1. The molecule has 1 fully saturated rings. The molecule has 0 spiro atoms. The van der Waals surface area contributed by atoms with E-state index in [1.165, 1.54) is 29.2 Å². The number of non-ortho nitro benzene ring substituents is 1. The van der Waals surface area contributed by atoms with Crippen LogP contribution in [0.4, 0.5) is 11.4 Å². The summed E-state index contributed by atoms with van der Waals surface area (Å²) in [7, 11) is 1.57. The molecule has 1 saturated carbocycles. The Morgan fingerprint density at radius 3 is 2.35 bits per heavy atom. The topological polar surface area (TPSA) is 104 Å². The lowest BCUT2D eigenvalue weighted by molar-refractivity contribution is -0.384. The van der Waals surface area contributed by atoms with Gasteiger partial charge in [0.1, 0.15) is 6.04 Å². The van der Waals surface area contributed by atoms with E-state index in [9.17, 15) is 19.7 Å². The number of rotatable bonds is 7. The van der Waals surface area contributed by atoms with E-state index in [-0.39, 0.29) is 24.2 Å². The second-order valence-corrected chi connectivity index (χ2v) is 5.64. The molecule has 8 nitrogen and oxygen atoms in total.